The maximum Gasteiger partial charge on any atom is 0.224 e. The van der Waals surface area contributed by atoms with E-state index in [1.54, 1.807) is 11.6 Å². The number of aromatic nitrogens is 1. The number of fused-ring (bicyclic) bond motifs is 4. The van der Waals surface area contributed by atoms with Crippen molar-refractivity contribution in [2.75, 3.05) is 5.32 Å². The summed E-state index contributed by atoms with van der Waals surface area (Å²) in [6.07, 6.45) is 10.7. The lowest BCUT2D eigenvalue weighted by molar-refractivity contribution is -0.149. The standard InChI is InChI=1S/C31H43FN2O2/c1-19-9-11-23-22(10-12-27-30(2,3)28(35)13-15-31(23,27)4)21(19)7-6-8-29(36)33-25-17-20-14-16-34(5)26(20)18-24(25)32/h14,16-18,22-23,27-28,35H,6-13,15H2,1-5H3,(H,33,36)/t22-,23-,27-,28-,31+/m0/s1. The van der Waals surface area contributed by atoms with Gasteiger partial charge < -0.3 is 15.0 Å². The highest BCUT2D eigenvalue weighted by Crippen LogP contribution is 2.64. The molecule has 196 valence electrons. The van der Waals surface area contributed by atoms with Crippen LogP contribution in [0.25, 0.3) is 10.9 Å². The van der Waals surface area contributed by atoms with Crippen molar-refractivity contribution >= 4 is 22.5 Å². The molecule has 2 N–H and O–H groups in total. The van der Waals surface area contributed by atoms with E-state index in [1.807, 2.05) is 23.9 Å². The van der Waals surface area contributed by atoms with Gasteiger partial charge in [-0.1, -0.05) is 31.9 Å². The topological polar surface area (TPSA) is 54.3 Å². The van der Waals surface area contributed by atoms with Crippen molar-refractivity contribution in [2.45, 2.75) is 91.6 Å². The summed E-state index contributed by atoms with van der Waals surface area (Å²) in [4.78, 5) is 12.7. The largest absolute Gasteiger partial charge is 0.393 e. The van der Waals surface area contributed by atoms with E-state index in [0.717, 1.165) is 43.0 Å². The van der Waals surface area contributed by atoms with Crippen LogP contribution in [-0.2, 0) is 11.8 Å². The summed E-state index contributed by atoms with van der Waals surface area (Å²) in [5, 5.41) is 14.5. The number of hydrogen-bond acceptors (Lipinski definition) is 2. The van der Waals surface area contributed by atoms with Crippen LogP contribution < -0.4 is 5.32 Å². The smallest absolute Gasteiger partial charge is 0.224 e. The van der Waals surface area contributed by atoms with Crippen LogP contribution in [0, 0.1) is 34.4 Å². The van der Waals surface area contributed by atoms with E-state index in [0.29, 0.717) is 24.2 Å². The SMILES string of the molecule is CC1=C(CCCC(=O)Nc2cc3ccn(C)c3cc2F)[C@@H]2CC[C@H]3C(C)(C)[C@@H](O)CC[C@]3(C)[C@H]2CC1. The summed E-state index contributed by atoms with van der Waals surface area (Å²) in [6.45, 7) is 9.36. The molecule has 1 amide bonds. The van der Waals surface area contributed by atoms with Crippen molar-refractivity contribution in [1.82, 2.24) is 4.57 Å². The van der Waals surface area contributed by atoms with Crippen LogP contribution in [0.15, 0.2) is 35.5 Å². The summed E-state index contributed by atoms with van der Waals surface area (Å²) in [5.41, 5.74) is 4.45. The molecule has 0 aliphatic heterocycles. The number of rotatable bonds is 5. The lowest BCUT2D eigenvalue weighted by Gasteiger charge is -2.62. The fraction of sp³-hybridized carbons (Fsp3) is 0.645. The highest BCUT2D eigenvalue weighted by atomic mass is 19.1. The number of anilines is 1. The van der Waals surface area contributed by atoms with E-state index in [9.17, 15) is 14.3 Å². The van der Waals surface area contributed by atoms with Gasteiger partial charge in [0.2, 0.25) is 5.91 Å². The first-order valence-corrected chi connectivity index (χ1v) is 13.9. The fourth-order valence-electron chi connectivity index (χ4n) is 8.46. The molecule has 0 spiro atoms. The quantitative estimate of drug-likeness (QED) is 0.427. The molecule has 4 nitrogen and oxygen atoms in total. The first-order chi connectivity index (χ1) is 17.0. The molecule has 1 aromatic carbocycles. The van der Waals surface area contributed by atoms with Crippen molar-refractivity contribution in [3.63, 3.8) is 0 Å². The number of carbonyl (C=O) groups excluding carboxylic acids is 1. The molecule has 1 heterocycles. The van der Waals surface area contributed by atoms with Crippen LogP contribution in [0.1, 0.15) is 85.5 Å². The van der Waals surface area contributed by atoms with Gasteiger partial charge in [-0.2, -0.15) is 0 Å². The second kappa shape index (κ2) is 9.31. The van der Waals surface area contributed by atoms with Crippen molar-refractivity contribution in [1.29, 1.82) is 0 Å². The number of nitrogens with zero attached hydrogens (tertiary/aromatic N) is 1. The van der Waals surface area contributed by atoms with Gasteiger partial charge in [-0.15, -0.1) is 0 Å². The number of halogens is 1. The van der Waals surface area contributed by atoms with Crippen LogP contribution in [0.4, 0.5) is 10.1 Å². The molecule has 0 unspecified atom stereocenters. The number of aliphatic hydroxyl groups is 1. The molecular weight excluding hydrogens is 451 g/mol. The maximum absolute atomic E-state index is 14.6. The predicted molar refractivity (Wildman–Crippen MR) is 144 cm³/mol. The number of hydrogen-bond donors (Lipinski definition) is 2. The van der Waals surface area contributed by atoms with Gasteiger partial charge in [0.05, 0.1) is 17.3 Å². The molecule has 5 rings (SSSR count). The second-order valence-corrected chi connectivity index (χ2v) is 12.8. The Morgan fingerprint density at radius 1 is 1.19 bits per heavy atom. The molecule has 36 heavy (non-hydrogen) atoms. The minimum atomic E-state index is -0.392. The van der Waals surface area contributed by atoms with Gasteiger partial charge >= 0.3 is 0 Å². The molecule has 3 aliphatic rings. The van der Waals surface area contributed by atoms with Gasteiger partial charge in [-0.25, -0.2) is 4.39 Å². The van der Waals surface area contributed by atoms with E-state index < -0.39 is 5.82 Å². The van der Waals surface area contributed by atoms with E-state index in [-0.39, 0.29) is 28.5 Å². The third kappa shape index (κ3) is 4.21. The zero-order valence-corrected chi connectivity index (χ0v) is 22.7. The lowest BCUT2D eigenvalue weighted by atomic mass is 9.43. The zero-order chi connectivity index (χ0) is 25.8. The van der Waals surface area contributed by atoms with Crippen LogP contribution >= 0.6 is 0 Å². The predicted octanol–water partition coefficient (Wildman–Crippen LogP) is 7.37. The summed E-state index contributed by atoms with van der Waals surface area (Å²) < 4.78 is 16.5. The molecule has 0 radical (unpaired) electrons. The van der Waals surface area contributed by atoms with E-state index >= 15 is 0 Å². The van der Waals surface area contributed by atoms with Crippen molar-refractivity contribution < 1.29 is 14.3 Å². The minimum Gasteiger partial charge on any atom is -0.393 e. The molecule has 5 heteroatoms. The first-order valence-electron chi connectivity index (χ1n) is 13.9. The van der Waals surface area contributed by atoms with Crippen LogP contribution in [0.5, 0.6) is 0 Å². The van der Waals surface area contributed by atoms with E-state index in [4.69, 9.17) is 0 Å². The van der Waals surface area contributed by atoms with Crippen LogP contribution in [0.3, 0.4) is 0 Å². The lowest BCUT2D eigenvalue weighted by Crippen LogP contribution is -2.56. The molecule has 3 aliphatic carbocycles. The average molecular weight is 495 g/mol. The Balaban J connectivity index is 1.23. The Morgan fingerprint density at radius 2 is 1.97 bits per heavy atom. The van der Waals surface area contributed by atoms with Gasteiger partial charge in [-0.3, -0.25) is 4.79 Å². The number of amides is 1. The van der Waals surface area contributed by atoms with Gasteiger partial charge in [0.1, 0.15) is 5.82 Å². The normalized spacial score (nSPS) is 31.8. The van der Waals surface area contributed by atoms with E-state index in [2.05, 4.69) is 33.0 Å². The monoisotopic (exact) mass is 494 g/mol. The molecule has 0 bridgehead atoms. The molecular formula is C31H43FN2O2. The third-order valence-electron chi connectivity index (χ3n) is 10.5. The molecule has 5 atom stereocenters. The molecule has 2 saturated carbocycles. The fourth-order valence-corrected chi connectivity index (χ4v) is 8.46. The second-order valence-electron chi connectivity index (χ2n) is 12.8. The summed E-state index contributed by atoms with van der Waals surface area (Å²) in [7, 11) is 1.89. The summed E-state index contributed by atoms with van der Waals surface area (Å²) in [5.74, 6) is 1.33. The Labute approximate surface area is 215 Å². The van der Waals surface area contributed by atoms with Gasteiger partial charge in [0.25, 0.3) is 0 Å². The molecule has 2 fully saturated rings. The van der Waals surface area contributed by atoms with Crippen molar-refractivity contribution in [3.8, 4) is 0 Å². The summed E-state index contributed by atoms with van der Waals surface area (Å²) in [6, 6.07) is 5.15. The number of carbonyl (C=O) groups is 1. The first kappa shape index (κ1) is 25.5. The van der Waals surface area contributed by atoms with Crippen LogP contribution in [0.2, 0.25) is 0 Å². The van der Waals surface area contributed by atoms with Gasteiger partial charge in [0.15, 0.2) is 0 Å². The number of allylic oxidation sites excluding steroid dienone is 2. The number of aliphatic hydroxyl groups excluding tert-OH is 1. The third-order valence-corrected chi connectivity index (χ3v) is 10.5. The Hall–Kier alpha value is -2.14. The number of aryl methyl sites for hydroxylation is 1. The molecule has 1 aromatic heterocycles. The zero-order valence-electron chi connectivity index (χ0n) is 22.7. The Kier molecular flexibility index (Phi) is 6.60. The van der Waals surface area contributed by atoms with E-state index in [1.165, 1.54) is 30.9 Å². The maximum atomic E-state index is 14.6. The van der Waals surface area contributed by atoms with Gasteiger partial charge in [-0.05, 0) is 99.0 Å². The van der Waals surface area contributed by atoms with Crippen LogP contribution in [-0.4, -0.2) is 21.7 Å². The Bertz CT molecular complexity index is 1190. The molecule has 2 aromatic rings. The molecule has 0 saturated heterocycles. The number of nitrogens with one attached hydrogen (secondary N) is 1. The average Bonchev–Trinajstić information content (AvgIpc) is 3.17. The highest BCUT2D eigenvalue weighted by molar-refractivity contribution is 5.94. The van der Waals surface area contributed by atoms with Crippen molar-refractivity contribution in [2.24, 2.45) is 35.6 Å². The van der Waals surface area contributed by atoms with Gasteiger partial charge in [0, 0.05) is 31.1 Å². The number of benzene rings is 1. The van der Waals surface area contributed by atoms with Crippen molar-refractivity contribution in [3.05, 3.63) is 41.4 Å². The summed E-state index contributed by atoms with van der Waals surface area (Å²) >= 11 is 0. The minimum absolute atomic E-state index is 0.0233. The highest BCUT2D eigenvalue weighted by Gasteiger charge is 2.58. The Morgan fingerprint density at radius 3 is 2.75 bits per heavy atom.